The zero-order chi connectivity index (χ0) is 55.6. The first-order valence-electron chi connectivity index (χ1n) is 25.1. The molecule has 1 aromatic heterocycles. The van der Waals surface area contributed by atoms with E-state index in [1.165, 1.54) is 6.07 Å². The number of anilines is 6. The van der Waals surface area contributed by atoms with Crippen molar-refractivity contribution < 1.29 is 52.7 Å². The molecule has 16 heteroatoms. The fourth-order valence-electron chi connectivity index (χ4n) is 11.7. The van der Waals surface area contributed by atoms with Crippen molar-refractivity contribution in [2.45, 2.75) is 24.7 Å². The van der Waals surface area contributed by atoms with Crippen LogP contribution in [0.4, 0.5) is 86.8 Å². The smallest absolute Gasteiger partial charge is 0.311 e. The van der Waals surface area contributed by atoms with Crippen LogP contribution < -0.4 is 26.2 Å². The lowest BCUT2D eigenvalue weighted by atomic mass is 9.33. The third kappa shape index (κ3) is 8.26. The molecule has 2 aliphatic heterocycles. The van der Waals surface area contributed by atoms with E-state index in [2.05, 4.69) is 46.2 Å². The molecule has 2 aliphatic rings. The van der Waals surface area contributed by atoms with E-state index in [1.54, 1.807) is 34.9 Å². The molecular weight excluding hydrogens is 1050 g/mol. The molecule has 0 N–H and O–H groups in total. The van der Waals surface area contributed by atoms with E-state index >= 15 is 13.2 Å². The third-order valence-corrected chi connectivity index (χ3v) is 15.1. The Kier molecular flexibility index (Phi) is 11.4. The summed E-state index contributed by atoms with van der Waals surface area (Å²) in [6.45, 7) is -0.177. The highest BCUT2D eigenvalue weighted by atomic mass is 19.4. The number of halogens is 12. The number of hydrogen-bond acceptors (Lipinski definition) is 2. The Morgan fingerprint density at radius 2 is 0.775 bits per heavy atom. The highest BCUT2D eigenvalue weighted by Crippen LogP contribution is 2.50. The molecule has 11 aromatic rings. The van der Waals surface area contributed by atoms with E-state index in [4.69, 9.17) is 0 Å². The summed E-state index contributed by atoms with van der Waals surface area (Å²) in [7, 11) is 0. The van der Waals surface area contributed by atoms with Gasteiger partial charge in [-0.2, -0.15) is 52.7 Å². The number of benzene rings is 10. The van der Waals surface area contributed by atoms with Gasteiger partial charge >= 0.3 is 24.7 Å². The lowest BCUT2D eigenvalue weighted by Crippen LogP contribution is -2.61. The lowest BCUT2D eigenvalue weighted by Gasteiger charge is -2.44. The van der Waals surface area contributed by atoms with E-state index in [1.807, 2.05) is 97.1 Å². The molecule has 0 fully saturated rings. The summed E-state index contributed by atoms with van der Waals surface area (Å²) >= 11 is 0. The molecule has 80 heavy (non-hydrogen) atoms. The second-order valence-electron chi connectivity index (χ2n) is 19.6. The molecule has 0 amide bonds. The van der Waals surface area contributed by atoms with Crippen LogP contribution in [0.3, 0.4) is 0 Å². The van der Waals surface area contributed by atoms with Gasteiger partial charge < -0.3 is 14.4 Å². The zero-order valence-corrected chi connectivity index (χ0v) is 41.2. The molecule has 394 valence electrons. The molecule has 0 atom stereocenters. The molecule has 0 saturated carbocycles. The van der Waals surface area contributed by atoms with Crippen LogP contribution in [0.2, 0.25) is 0 Å². The number of aromatic nitrogens is 1. The third-order valence-electron chi connectivity index (χ3n) is 15.1. The number of rotatable bonds is 6. The van der Waals surface area contributed by atoms with Crippen molar-refractivity contribution in [2.24, 2.45) is 0 Å². The number of alkyl halides is 12. The normalized spacial score (nSPS) is 13.4. The standard InChI is InChI=1S/C64H36BF12N3/c66-61(67,68)40-25-27-44(49(35-40)63(72,73)74)38-24-30-54(47(32-38)45-28-26-41(62(69,70)71)36-50(45)64(75,76)77)80-53-20-10-7-17-46(53)48-31-37(23-29-55(48)80)39-33-58-60-59(34-39)79(43-15-5-2-6-16-43)57-22-12-9-19-52(57)65(60)51-18-8-11-21-56(51)78(58)42-13-3-1-4-14-42/h1-36H. The number of fused-ring (bicyclic) bond motifs is 7. The van der Waals surface area contributed by atoms with Crippen LogP contribution in [-0.4, -0.2) is 11.3 Å². The Labute approximate surface area is 448 Å². The highest BCUT2D eigenvalue weighted by Gasteiger charge is 2.45. The largest absolute Gasteiger partial charge is 0.417 e. The van der Waals surface area contributed by atoms with Crippen molar-refractivity contribution in [3.05, 3.63) is 241 Å². The first-order valence-corrected chi connectivity index (χ1v) is 25.1. The summed E-state index contributed by atoms with van der Waals surface area (Å²) in [4.78, 5) is 4.50. The fourth-order valence-corrected chi connectivity index (χ4v) is 11.7. The SMILES string of the molecule is FC(F)(F)c1ccc(-c2ccc(-n3c4ccccc4c4cc(-c5cc6c7c(c5)N(c5ccccc5)c5ccccc5B7c5ccccc5N6c5ccccc5)ccc43)c(-c3ccc(C(F)(F)F)cc3C(F)(F)F)c2)c(C(F)(F)F)c1. The summed E-state index contributed by atoms with van der Waals surface area (Å²) in [5.41, 5.74) is 1.95. The molecule has 0 radical (unpaired) electrons. The van der Waals surface area contributed by atoms with E-state index in [-0.39, 0.29) is 24.5 Å². The van der Waals surface area contributed by atoms with Crippen molar-refractivity contribution in [3.8, 4) is 39.1 Å². The maximum absolute atomic E-state index is 15.2. The van der Waals surface area contributed by atoms with Gasteiger partial charge in [0.25, 0.3) is 6.71 Å². The number of nitrogens with zero attached hydrogens (tertiary/aromatic N) is 3. The maximum Gasteiger partial charge on any atom is 0.417 e. The van der Waals surface area contributed by atoms with Gasteiger partial charge in [-0.05, 0) is 147 Å². The maximum atomic E-state index is 15.2. The molecule has 3 nitrogen and oxygen atoms in total. The van der Waals surface area contributed by atoms with Gasteiger partial charge in [-0.25, -0.2) is 0 Å². The topological polar surface area (TPSA) is 11.4 Å². The van der Waals surface area contributed by atoms with E-state index in [0.717, 1.165) is 73.8 Å². The van der Waals surface area contributed by atoms with Gasteiger partial charge in [-0.15, -0.1) is 0 Å². The monoisotopic (exact) mass is 1090 g/mol. The molecule has 0 unspecified atom stereocenters. The average Bonchev–Trinajstić information content (AvgIpc) is 2.06. The molecule has 0 spiro atoms. The fraction of sp³-hybridized carbons (Fsp3) is 0.0625. The Hall–Kier alpha value is -9.18. The van der Waals surface area contributed by atoms with Gasteiger partial charge in [0, 0.05) is 50.5 Å². The van der Waals surface area contributed by atoms with Gasteiger partial charge in [0.15, 0.2) is 0 Å². The second-order valence-corrected chi connectivity index (χ2v) is 19.6. The summed E-state index contributed by atoms with van der Waals surface area (Å²) in [6, 6.07) is 58.6. The van der Waals surface area contributed by atoms with Crippen LogP contribution in [-0.2, 0) is 24.7 Å². The van der Waals surface area contributed by atoms with Crippen LogP contribution in [0.25, 0.3) is 60.9 Å². The van der Waals surface area contributed by atoms with Crippen LogP contribution in [0.5, 0.6) is 0 Å². The average molecular weight is 1090 g/mol. The lowest BCUT2D eigenvalue weighted by molar-refractivity contribution is -0.144. The van der Waals surface area contributed by atoms with E-state index in [0.29, 0.717) is 46.1 Å². The molecule has 0 aliphatic carbocycles. The minimum Gasteiger partial charge on any atom is -0.311 e. The minimum absolute atomic E-state index is 0.0632. The van der Waals surface area contributed by atoms with Crippen LogP contribution >= 0.6 is 0 Å². The predicted molar refractivity (Wildman–Crippen MR) is 291 cm³/mol. The van der Waals surface area contributed by atoms with Crippen molar-refractivity contribution >= 4 is 79.0 Å². The van der Waals surface area contributed by atoms with Crippen molar-refractivity contribution in [3.63, 3.8) is 0 Å². The van der Waals surface area contributed by atoms with Crippen molar-refractivity contribution in [2.75, 3.05) is 9.80 Å². The van der Waals surface area contributed by atoms with Crippen LogP contribution in [0.1, 0.15) is 22.3 Å². The van der Waals surface area contributed by atoms with Gasteiger partial charge in [-0.1, -0.05) is 115 Å². The van der Waals surface area contributed by atoms with Crippen LogP contribution in [0, 0.1) is 0 Å². The van der Waals surface area contributed by atoms with Crippen molar-refractivity contribution in [1.82, 2.24) is 4.57 Å². The molecule has 0 saturated heterocycles. The van der Waals surface area contributed by atoms with Gasteiger partial charge in [0.05, 0.1) is 39.0 Å². The number of para-hydroxylation sites is 5. The first kappa shape index (κ1) is 50.3. The van der Waals surface area contributed by atoms with Gasteiger partial charge in [-0.3, -0.25) is 0 Å². The predicted octanol–water partition coefficient (Wildman–Crippen LogP) is 17.9. The van der Waals surface area contributed by atoms with Crippen molar-refractivity contribution in [1.29, 1.82) is 0 Å². The Bertz CT molecular complexity index is 4160. The molecule has 13 rings (SSSR count). The van der Waals surface area contributed by atoms with Gasteiger partial charge in [0.2, 0.25) is 0 Å². The number of hydrogen-bond donors (Lipinski definition) is 0. The molecule has 10 aromatic carbocycles. The molecular formula is C64H36BF12N3. The van der Waals surface area contributed by atoms with E-state index in [9.17, 15) is 39.5 Å². The summed E-state index contributed by atoms with van der Waals surface area (Å²) in [6.07, 6.45) is -21.2. The summed E-state index contributed by atoms with van der Waals surface area (Å²) < 4.78 is 175. The molecule has 3 heterocycles. The summed E-state index contributed by atoms with van der Waals surface area (Å²) in [5.74, 6) is 0. The summed E-state index contributed by atoms with van der Waals surface area (Å²) in [5, 5.41) is 1.20. The quantitative estimate of drug-likeness (QED) is 0.121. The second kappa shape index (κ2) is 18.2. The van der Waals surface area contributed by atoms with Gasteiger partial charge in [0.1, 0.15) is 0 Å². The zero-order valence-electron chi connectivity index (χ0n) is 41.2. The van der Waals surface area contributed by atoms with Crippen LogP contribution in [0.15, 0.2) is 218 Å². The Morgan fingerprint density at radius 1 is 0.300 bits per heavy atom. The highest BCUT2D eigenvalue weighted by molar-refractivity contribution is 7.00. The Morgan fingerprint density at radius 3 is 1.32 bits per heavy atom. The minimum atomic E-state index is -5.43. The van der Waals surface area contributed by atoms with E-state index < -0.39 is 69.2 Å². The molecule has 0 bridgehead atoms. The first-order chi connectivity index (χ1) is 38.2. The Balaban J connectivity index is 1.06.